The first-order valence-electron chi connectivity index (χ1n) is 23.6. The molecule has 0 radical (unpaired) electrons. The number of benzene rings is 9. The van der Waals surface area contributed by atoms with Crippen LogP contribution in [0.25, 0.3) is 33.4 Å². The monoisotopic (exact) mass is 807 g/mol. The van der Waals surface area contributed by atoms with Gasteiger partial charge in [0, 0.05) is 32.4 Å². The third kappa shape index (κ3) is 4.91. The molecule has 3 heterocycles. The second-order valence-corrected chi connectivity index (χ2v) is 18.6. The summed E-state index contributed by atoms with van der Waals surface area (Å²) in [5.74, 6) is 0. The quantitative estimate of drug-likeness (QED) is 0.164. The van der Waals surface area contributed by atoms with Crippen molar-refractivity contribution < 1.29 is 4.11 Å². The van der Waals surface area contributed by atoms with Crippen LogP contribution >= 0.6 is 0 Å². The van der Waals surface area contributed by atoms with Crippen LogP contribution < -0.4 is 26.2 Å². The Morgan fingerprint density at radius 3 is 1.73 bits per heavy atom. The van der Waals surface area contributed by atoms with Crippen molar-refractivity contribution >= 4 is 57.2 Å². The molecule has 4 aliphatic rings. The smallest absolute Gasteiger partial charge is 0.252 e. The van der Waals surface area contributed by atoms with Crippen LogP contribution in [0.5, 0.6) is 0 Å². The van der Waals surface area contributed by atoms with Gasteiger partial charge in [0.15, 0.2) is 0 Å². The maximum atomic E-state index is 9.10. The summed E-state index contributed by atoms with van der Waals surface area (Å²) >= 11 is 0. The number of fused-ring (bicyclic) bond motifs is 13. The lowest BCUT2D eigenvalue weighted by atomic mass is 9.32. The molecule has 0 unspecified atom stereocenters. The van der Waals surface area contributed by atoms with Crippen molar-refractivity contribution in [2.24, 2.45) is 0 Å². The molecule has 0 fully saturated rings. The van der Waals surface area contributed by atoms with Crippen molar-refractivity contribution in [1.82, 2.24) is 0 Å². The van der Waals surface area contributed by atoms with Gasteiger partial charge in [0.05, 0.1) is 16.8 Å². The highest BCUT2D eigenvalue weighted by Gasteiger charge is 2.55. The van der Waals surface area contributed by atoms with E-state index in [4.69, 9.17) is 4.11 Å². The standard InChI is InChI=1S/C60H45BN2/c1-38-34-55-57-56(35-38)63-53-29-16-15-26-48(53)60(46-24-13-11-22-43(46)44-23-12-14-25-47(44)60)49-27-17-28-50(58(49)63)61(57)51-36-41(39-18-7-5-8-19-39)30-32-54(51)62(55)52-33-31-42(59(2,3)4)37-45(52)40-20-9-6-10-21-40/h5-37H,1-4H3/i1D3. The van der Waals surface area contributed by atoms with E-state index in [1.54, 1.807) is 0 Å². The second-order valence-electron chi connectivity index (χ2n) is 18.6. The van der Waals surface area contributed by atoms with E-state index in [1.165, 1.54) is 49.9 Å². The lowest BCUT2D eigenvalue weighted by molar-refractivity contribution is 0.590. The Bertz CT molecular complexity index is 3430. The number of rotatable bonds is 3. The maximum absolute atomic E-state index is 9.10. The zero-order valence-electron chi connectivity index (χ0n) is 38.5. The summed E-state index contributed by atoms with van der Waals surface area (Å²) in [6, 6.07) is 72.6. The van der Waals surface area contributed by atoms with Gasteiger partial charge in [-0.1, -0.05) is 185 Å². The minimum Gasteiger partial charge on any atom is -0.311 e. The highest BCUT2D eigenvalue weighted by molar-refractivity contribution is 7.00. The Labute approximate surface area is 375 Å². The molecule has 63 heavy (non-hydrogen) atoms. The summed E-state index contributed by atoms with van der Waals surface area (Å²) in [5.41, 5.74) is 22.2. The van der Waals surface area contributed by atoms with Crippen molar-refractivity contribution in [3.8, 4) is 33.4 Å². The van der Waals surface area contributed by atoms with E-state index in [-0.39, 0.29) is 12.1 Å². The van der Waals surface area contributed by atoms with E-state index < -0.39 is 12.3 Å². The van der Waals surface area contributed by atoms with Crippen molar-refractivity contribution in [2.45, 2.75) is 38.5 Å². The fourth-order valence-corrected chi connectivity index (χ4v) is 11.7. The zero-order chi connectivity index (χ0) is 44.7. The molecule has 2 nitrogen and oxygen atoms in total. The second kappa shape index (κ2) is 13.1. The highest BCUT2D eigenvalue weighted by Crippen LogP contribution is 2.64. The maximum Gasteiger partial charge on any atom is 0.252 e. The summed E-state index contributed by atoms with van der Waals surface area (Å²) in [5, 5.41) is 0. The molecule has 1 spiro atoms. The summed E-state index contributed by atoms with van der Waals surface area (Å²) in [4.78, 5) is 4.80. The molecule has 9 aromatic carbocycles. The van der Waals surface area contributed by atoms with Crippen LogP contribution in [0.15, 0.2) is 200 Å². The SMILES string of the molecule is [2H]C([2H])([2H])c1cc2c3c(c1)N1c4ccccc4C4(c5ccccc5-c5ccccc54)c4cccc(c41)B3c1cc(-c3ccccc3)ccc1N2c1ccc(C(C)(C)C)cc1-c1ccccc1. The predicted octanol–water partition coefficient (Wildman–Crippen LogP) is 13.4. The van der Waals surface area contributed by atoms with E-state index in [1.807, 2.05) is 12.1 Å². The minimum absolute atomic E-state index is 0.0985. The molecule has 9 aromatic rings. The first-order valence-corrected chi connectivity index (χ1v) is 22.1. The molecule has 298 valence electrons. The minimum atomic E-state index is -2.39. The fraction of sp³-hybridized carbons (Fsp3) is 0.100. The molecule has 0 aromatic heterocycles. The Morgan fingerprint density at radius 2 is 1.03 bits per heavy atom. The molecule has 0 amide bonds. The molecule has 0 atom stereocenters. The van der Waals surface area contributed by atoms with Gasteiger partial charge in [0.1, 0.15) is 0 Å². The number of nitrogens with zero attached hydrogens (tertiary/aromatic N) is 2. The number of para-hydroxylation sites is 2. The summed E-state index contributed by atoms with van der Waals surface area (Å²) in [6.45, 7) is 4.17. The van der Waals surface area contributed by atoms with Crippen LogP contribution in [0, 0.1) is 6.85 Å². The molecule has 3 aliphatic heterocycles. The van der Waals surface area contributed by atoms with Gasteiger partial charge in [-0.05, 0) is 126 Å². The van der Waals surface area contributed by atoms with Crippen LogP contribution in [-0.2, 0) is 10.8 Å². The molecule has 0 N–H and O–H groups in total. The van der Waals surface area contributed by atoms with Crippen molar-refractivity contribution in [3.63, 3.8) is 0 Å². The van der Waals surface area contributed by atoms with Gasteiger partial charge in [-0.2, -0.15) is 0 Å². The van der Waals surface area contributed by atoms with Crippen LogP contribution in [0.3, 0.4) is 0 Å². The molecule has 0 bridgehead atoms. The van der Waals surface area contributed by atoms with Gasteiger partial charge in [-0.15, -0.1) is 0 Å². The predicted molar refractivity (Wildman–Crippen MR) is 266 cm³/mol. The third-order valence-corrected chi connectivity index (χ3v) is 14.3. The largest absolute Gasteiger partial charge is 0.311 e. The average molecular weight is 808 g/mol. The van der Waals surface area contributed by atoms with Gasteiger partial charge in [0.2, 0.25) is 0 Å². The number of hydrogen-bond acceptors (Lipinski definition) is 2. The summed E-state index contributed by atoms with van der Waals surface area (Å²) < 4.78 is 27.3. The normalized spacial score (nSPS) is 15.3. The first-order chi connectivity index (χ1) is 32.0. The Morgan fingerprint density at radius 1 is 0.429 bits per heavy atom. The Balaban J connectivity index is 1.18. The van der Waals surface area contributed by atoms with E-state index in [2.05, 4.69) is 219 Å². The van der Waals surface area contributed by atoms with Gasteiger partial charge in [0.25, 0.3) is 6.71 Å². The van der Waals surface area contributed by atoms with E-state index in [0.29, 0.717) is 5.56 Å². The Kier molecular flexibility index (Phi) is 6.91. The lowest BCUT2D eigenvalue weighted by Crippen LogP contribution is -2.62. The van der Waals surface area contributed by atoms with Crippen LogP contribution in [0.2, 0.25) is 0 Å². The summed E-state index contributed by atoms with van der Waals surface area (Å²) in [6.07, 6.45) is 0. The molecule has 0 saturated heterocycles. The van der Waals surface area contributed by atoms with Gasteiger partial charge >= 0.3 is 0 Å². The van der Waals surface area contributed by atoms with Crippen LogP contribution in [0.4, 0.5) is 34.1 Å². The highest BCUT2D eigenvalue weighted by atomic mass is 15.2. The Hall–Kier alpha value is -7.36. The molecule has 1 aliphatic carbocycles. The first kappa shape index (κ1) is 33.3. The molecular weight excluding hydrogens is 759 g/mol. The molecular formula is C60H45BN2. The van der Waals surface area contributed by atoms with Crippen LogP contribution in [0.1, 0.15) is 58.3 Å². The number of anilines is 6. The van der Waals surface area contributed by atoms with E-state index >= 15 is 0 Å². The van der Waals surface area contributed by atoms with Gasteiger partial charge in [-0.25, -0.2) is 0 Å². The van der Waals surface area contributed by atoms with E-state index in [9.17, 15) is 0 Å². The molecule has 3 heteroatoms. The van der Waals surface area contributed by atoms with Crippen molar-refractivity contribution in [1.29, 1.82) is 0 Å². The van der Waals surface area contributed by atoms with Gasteiger partial charge in [-0.3, -0.25) is 0 Å². The van der Waals surface area contributed by atoms with Crippen molar-refractivity contribution in [2.75, 3.05) is 9.80 Å². The average Bonchev–Trinajstić information content (AvgIpc) is 3.63. The van der Waals surface area contributed by atoms with E-state index in [0.717, 1.165) is 61.8 Å². The number of aryl methyl sites for hydroxylation is 1. The number of hydrogen-bond donors (Lipinski definition) is 0. The van der Waals surface area contributed by atoms with Crippen molar-refractivity contribution in [3.05, 3.63) is 234 Å². The topological polar surface area (TPSA) is 6.48 Å². The third-order valence-electron chi connectivity index (χ3n) is 14.3. The molecule has 13 rings (SSSR count). The van der Waals surface area contributed by atoms with Crippen LogP contribution in [-0.4, -0.2) is 6.71 Å². The zero-order valence-corrected chi connectivity index (χ0v) is 35.5. The van der Waals surface area contributed by atoms with Gasteiger partial charge < -0.3 is 9.80 Å². The fourth-order valence-electron chi connectivity index (χ4n) is 11.7. The lowest BCUT2D eigenvalue weighted by Gasteiger charge is -2.51. The summed E-state index contributed by atoms with van der Waals surface area (Å²) in [7, 11) is 0. The molecule has 0 saturated carbocycles.